The van der Waals surface area contributed by atoms with Gasteiger partial charge in [0.2, 0.25) is 0 Å². The molecular weight excluding hydrogens is 176 g/mol. The van der Waals surface area contributed by atoms with Gasteiger partial charge in [-0.15, -0.1) is 0 Å². The molecule has 0 aromatic carbocycles. The number of hydrogen-bond donors (Lipinski definition) is 0. The van der Waals surface area contributed by atoms with Crippen molar-refractivity contribution in [2.24, 2.45) is 0 Å². The van der Waals surface area contributed by atoms with E-state index in [0.29, 0.717) is 10.1 Å². The summed E-state index contributed by atoms with van der Waals surface area (Å²) < 4.78 is 0. The minimum Gasteiger partial charge on any atom is -0.0709 e. The van der Waals surface area contributed by atoms with Crippen molar-refractivity contribution in [2.45, 2.75) is 64.0 Å². The van der Waals surface area contributed by atoms with Crippen LogP contribution in [0, 0.1) is 0 Å². The molecule has 72 valence electrons. The maximum atomic E-state index is 2.60. The fourth-order valence-corrected chi connectivity index (χ4v) is 21.6. The van der Waals surface area contributed by atoms with Gasteiger partial charge in [0.1, 0.15) is 0 Å². The molecule has 0 aliphatic carbocycles. The molecule has 1 fully saturated rings. The summed E-state index contributed by atoms with van der Waals surface area (Å²) in [6.07, 6.45) is 0. The van der Waals surface area contributed by atoms with Gasteiger partial charge < -0.3 is 0 Å². The lowest BCUT2D eigenvalue weighted by molar-refractivity contribution is 0.436. The second kappa shape index (κ2) is 2.08. The van der Waals surface area contributed by atoms with Crippen LogP contribution in [-0.4, -0.2) is 15.2 Å². The summed E-state index contributed by atoms with van der Waals surface area (Å²) in [4.78, 5) is 0. The molecule has 12 heavy (non-hydrogen) atoms. The quantitative estimate of drug-likeness (QED) is 0.517. The first-order valence-electron chi connectivity index (χ1n) is 5.00. The van der Waals surface area contributed by atoms with Gasteiger partial charge in [0.15, 0.2) is 0 Å². The molecule has 0 aromatic rings. The van der Waals surface area contributed by atoms with E-state index < -0.39 is 15.2 Å². The van der Waals surface area contributed by atoms with Crippen LogP contribution in [0.2, 0.25) is 36.3 Å². The van der Waals surface area contributed by atoms with Crippen molar-refractivity contribution in [3.8, 4) is 0 Å². The summed E-state index contributed by atoms with van der Waals surface area (Å²) in [6.45, 7) is 20.4. The van der Waals surface area contributed by atoms with Crippen molar-refractivity contribution in [1.29, 1.82) is 0 Å². The van der Waals surface area contributed by atoms with Crippen LogP contribution in [0.15, 0.2) is 0 Å². The highest BCUT2D eigenvalue weighted by molar-refractivity contribution is 7.47. The Labute approximate surface area is 79.6 Å². The van der Waals surface area contributed by atoms with Gasteiger partial charge >= 0.3 is 0 Å². The molecular formula is C10H24Si2. The van der Waals surface area contributed by atoms with E-state index in [1.165, 1.54) is 0 Å². The summed E-state index contributed by atoms with van der Waals surface area (Å²) in [5, 5.41) is 1.30. The second-order valence-electron chi connectivity index (χ2n) is 6.50. The average molecular weight is 200 g/mol. The van der Waals surface area contributed by atoms with Crippen molar-refractivity contribution in [1.82, 2.24) is 0 Å². The predicted octanol–water partition coefficient (Wildman–Crippen LogP) is 4.06. The molecule has 0 aromatic heterocycles. The third kappa shape index (κ3) is 0.700. The third-order valence-electron chi connectivity index (χ3n) is 6.25. The Kier molecular flexibility index (Phi) is 1.83. The molecule has 0 unspecified atom stereocenters. The van der Waals surface area contributed by atoms with Crippen molar-refractivity contribution in [2.75, 3.05) is 0 Å². The Bertz CT molecular complexity index is 148. The molecule has 1 saturated heterocycles. The zero-order valence-electron chi connectivity index (χ0n) is 10.0. The van der Waals surface area contributed by atoms with E-state index in [1.807, 2.05) is 0 Å². The monoisotopic (exact) mass is 200 g/mol. The Morgan fingerprint density at radius 1 is 0.583 bits per heavy atom. The van der Waals surface area contributed by atoms with Crippen LogP contribution in [0.1, 0.15) is 27.7 Å². The van der Waals surface area contributed by atoms with Crippen molar-refractivity contribution in [3.05, 3.63) is 0 Å². The highest BCUT2D eigenvalue weighted by atomic mass is 29.3. The van der Waals surface area contributed by atoms with Crippen LogP contribution >= 0.6 is 0 Å². The summed E-state index contributed by atoms with van der Waals surface area (Å²) in [7, 11) is -1.80. The number of hydrogen-bond acceptors (Lipinski definition) is 0. The van der Waals surface area contributed by atoms with Crippen LogP contribution in [0.3, 0.4) is 0 Å². The van der Waals surface area contributed by atoms with E-state index in [1.54, 1.807) is 0 Å². The Balaban J connectivity index is 3.16. The highest BCUT2D eigenvalue weighted by Crippen LogP contribution is 2.74. The first-order chi connectivity index (χ1) is 5.00. The van der Waals surface area contributed by atoms with E-state index in [0.717, 1.165) is 0 Å². The smallest absolute Gasteiger partial charge is 0.0476 e. The van der Waals surface area contributed by atoms with Gasteiger partial charge in [-0.2, -0.15) is 0 Å². The van der Waals surface area contributed by atoms with Gasteiger partial charge in [0, 0.05) is 15.2 Å². The molecule has 0 radical (unpaired) electrons. The molecule has 1 rings (SSSR count). The third-order valence-corrected chi connectivity index (χ3v) is 30.2. The molecule has 0 saturated carbocycles. The van der Waals surface area contributed by atoms with Crippen LogP contribution in [-0.2, 0) is 0 Å². The summed E-state index contributed by atoms with van der Waals surface area (Å²) in [5.74, 6) is 0. The zero-order valence-corrected chi connectivity index (χ0v) is 12.0. The van der Waals surface area contributed by atoms with Gasteiger partial charge in [0.05, 0.1) is 0 Å². The molecule has 0 bridgehead atoms. The molecule has 0 amide bonds. The fourth-order valence-electron chi connectivity index (χ4n) is 3.06. The van der Waals surface area contributed by atoms with Crippen molar-refractivity contribution >= 4 is 15.2 Å². The van der Waals surface area contributed by atoms with Crippen LogP contribution in [0.5, 0.6) is 0 Å². The second-order valence-corrected chi connectivity index (χ2v) is 23.0. The Morgan fingerprint density at radius 3 is 0.833 bits per heavy atom. The Hall–Kier alpha value is 0.434. The van der Waals surface area contributed by atoms with Crippen LogP contribution in [0.25, 0.3) is 0 Å². The standard InChI is InChI=1S/C10H24Si2/c1-9(2)10(3,4)12(7,8)11(9,5)6/h1-8H3. The minimum atomic E-state index is -0.902. The van der Waals surface area contributed by atoms with E-state index >= 15 is 0 Å². The number of rotatable bonds is 0. The van der Waals surface area contributed by atoms with Gasteiger partial charge in [-0.25, -0.2) is 0 Å². The Morgan fingerprint density at radius 2 is 0.750 bits per heavy atom. The van der Waals surface area contributed by atoms with E-state index in [4.69, 9.17) is 0 Å². The van der Waals surface area contributed by atoms with Crippen molar-refractivity contribution < 1.29 is 0 Å². The zero-order chi connectivity index (χ0) is 10.0. The first kappa shape index (κ1) is 10.5. The molecule has 1 heterocycles. The van der Waals surface area contributed by atoms with E-state index in [9.17, 15) is 0 Å². The molecule has 2 heteroatoms. The molecule has 0 nitrogen and oxygen atoms in total. The SMILES string of the molecule is CC1(C)C(C)(C)[Si](C)(C)[Si]1(C)C. The predicted molar refractivity (Wildman–Crippen MR) is 63.0 cm³/mol. The van der Waals surface area contributed by atoms with E-state index in [2.05, 4.69) is 53.9 Å². The molecule has 0 N–H and O–H groups in total. The molecule has 1 aliphatic rings. The van der Waals surface area contributed by atoms with Crippen LogP contribution in [0.4, 0.5) is 0 Å². The molecule has 0 spiro atoms. The largest absolute Gasteiger partial charge is 0.0709 e. The maximum absolute atomic E-state index is 2.60. The summed E-state index contributed by atoms with van der Waals surface area (Å²) in [6, 6.07) is 0. The topological polar surface area (TPSA) is 0 Å². The fraction of sp³-hybridized carbons (Fsp3) is 1.00. The molecule has 0 atom stereocenters. The lowest BCUT2D eigenvalue weighted by Gasteiger charge is -2.74. The lowest BCUT2D eigenvalue weighted by atomic mass is 9.97. The van der Waals surface area contributed by atoms with Gasteiger partial charge in [0.25, 0.3) is 0 Å². The van der Waals surface area contributed by atoms with Crippen LogP contribution < -0.4 is 0 Å². The maximum Gasteiger partial charge on any atom is 0.0476 e. The first-order valence-corrected chi connectivity index (χ1v) is 12.0. The minimum absolute atomic E-state index is 0.649. The molecule has 1 aliphatic heterocycles. The van der Waals surface area contributed by atoms with Gasteiger partial charge in [-0.3, -0.25) is 0 Å². The lowest BCUT2D eigenvalue weighted by Crippen LogP contribution is -2.79. The van der Waals surface area contributed by atoms with Gasteiger partial charge in [-0.1, -0.05) is 53.9 Å². The van der Waals surface area contributed by atoms with Gasteiger partial charge in [-0.05, 0) is 10.1 Å². The normalized spacial score (nSPS) is 34.0. The average Bonchev–Trinajstić information content (AvgIpc) is 1.84. The highest BCUT2D eigenvalue weighted by Gasteiger charge is 2.73. The van der Waals surface area contributed by atoms with Crippen molar-refractivity contribution in [3.63, 3.8) is 0 Å². The van der Waals surface area contributed by atoms with E-state index in [-0.39, 0.29) is 0 Å². The summed E-state index contributed by atoms with van der Waals surface area (Å²) in [5.41, 5.74) is 0. The summed E-state index contributed by atoms with van der Waals surface area (Å²) >= 11 is 0.